The minimum atomic E-state index is -0.327. The normalized spacial score (nSPS) is 14.0. The largest absolute Gasteiger partial charge is 0.450 e. The van der Waals surface area contributed by atoms with Gasteiger partial charge in [0.05, 0.1) is 6.61 Å². The lowest BCUT2D eigenvalue weighted by Crippen LogP contribution is -2.50. The average molecular weight is 382 g/mol. The Morgan fingerprint density at radius 3 is 2.36 bits per heavy atom. The summed E-state index contributed by atoms with van der Waals surface area (Å²) in [5.74, 6) is -0.132. The van der Waals surface area contributed by atoms with E-state index in [9.17, 15) is 9.59 Å². The van der Waals surface area contributed by atoms with Crippen LogP contribution in [-0.4, -0.2) is 59.6 Å². The van der Waals surface area contributed by atoms with Crippen LogP contribution >= 0.6 is 0 Å². The van der Waals surface area contributed by atoms with Gasteiger partial charge in [0.1, 0.15) is 5.69 Å². The van der Waals surface area contributed by atoms with Crippen LogP contribution in [0.1, 0.15) is 28.5 Å². The standard InChI is InChI=1S/C21H26N4O3/c1-4-28-21(27)25-11-9-24(10-12-25)20(26)19-14-18(7-8-22-19)23-17-6-5-15(2)16(3)13-17/h5-8,13-14H,4,9-12H2,1-3H3,(H,22,23). The molecule has 148 valence electrons. The van der Waals surface area contributed by atoms with Gasteiger partial charge in [-0.2, -0.15) is 0 Å². The number of anilines is 2. The Labute approximate surface area is 165 Å². The van der Waals surface area contributed by atoms with Gasteiger partial charge in [-0.25, -0.2) is 4.79 Å². The molecule has 2 aromatic rings. The number of rotatable bonds is 4. The van der Waals surface area contributed by atoms with Gasteiger partial charge in [-0.3, -0.25) is 9.78 Å². The first kappa shape index (κ1) is 19.7. The molecule has 2 heterocycles. The highest BCUT2D eigenvalue weighted by Gasteiger charge is 2.26. The summed E-state index contributed by atoms with van der Waals surface area (Å²) in [7, 11) is 0. The van der Waals surface area contributed by atoms with Gasteiger partial charge in [-0.15, -0.1) is 0 Å². The molecule has 1 aromatic carbocycles. The summed E-state index contributed by atoms with van der Waals surface area (Å²) in [6.07, 6.45) is 1.30. The lowest BCUT2D eigenvalue weighted by molar-refractivity contribution is 0.0566. The van der Waals surface area contributed by atoms with Crippen LogP contribution < -0.4 is 5.32 Å². The number of aryl methyl sites for hydroxylation is 2. The number of piperazine rings is 1. The monoisotopic (exact) mass is 382 g/mol. The lowest BCUT2D eigenvalue weighted by Gasteiger charge is -2.33. The van der Waals surface area contributed by atoms with Crippen LogP contribution in [0.5, 0.6) is 0 Å². The quantitative estimate of drug-likeness (QED) is 0.878. The lowest BCUT2D eigenvalue weighted by atomic mass is 10.1. The van der Waals surface area contributed by atoms with Gasteiger partial charge in [-0.1, -0.05) is 6.07 Å². The first-order valence-corrected chi connectivity index (χ1v) is 9.49. The zero-order chi connectivity index (χ0) is 20.1. The number of nitrogens with zero attached hydrogens (tertiary/aromatic N) is 3. The van der Waals surface area contributed by atoms with E-state index < -0.39 is 0 Å². The molecule has 0 bridgehead atoms. The Balaban J connectivity index is 1.64. The molecule has 2 amide bonds. The molecule has 0 radical (unpaired) electrons. The predicted octanol–water partition coefficient (Wildman–Crippen LogP) is 3.36. The summed E-state index contributed by atoms with van der Waals surface area (Å²) >= 11 is 0. The van der Waals surface area contributed by atoms with E-state index in [1.165, 1.54) is 11.1 Å². The molecule has 1 aliphatic heterocycles. The smallest absolute Gasteiger partial charge is 0.409 e. The number of carbonyl (C=O) groups is 2. The topological polar surface area (TPSA) is 74.8 Å². The molecule has 1 saturated heterocycles. The van der Waals surface area contributed by atoms with Crippen molar-refractivity contribution in [2.45, 2.75) is 20.8 Å². The molecule has 0 aliphatic carbocycles. The average Bonchev–Trinajstić information content (AvgIpc) is 2.71. The fourth-order valence-electron chi connectivity index (χ4n) is 3.08. The van der Waals surface area contributed by atoms with Crippen molar-refractivity contribution in [1.82, 2.24) is 14.8 Å². The number of benzene rings is 1. The minimum absolute atomic E-state index is 0.132. The highest BCUT2D eigenvalue weighted by molar-refractivity contribution is 5.93. The van der Waals surface area contributed by atoms with Crippen LogP contribution in [0, 0.1) is 13.8 Å². The SMILES string of the molecule is CCOC(=O)N1CCN(C(=O)c2cc(Nc3ccc(C)c(C)c3)ccn2)CC1. The summed E-state index contributed by atoms with van der Waals surface area (Å²) in [5, 5.41) is 3.33. The van der Waals surface area contributed by atoms with Gasteiger partial charge in [0.15, 0.2) is 0 Å². The summed E-state index contributed by atoms with van der Waals surface area (Å²) in [5.41, 5.74) is 4.61. The summed E-state index contributed by atoms with van der Waals surface area (Å²) in [6, 6.07) is 9.75. The van der Waals surface area contributed by atoms with E-state index in [2.05, 4.69) is 36.3 Å². The van der Waals surface area contributed by atoms with Crippen molar-refractivity contribution in [3.05, 3.63) is 53.3 Å². The molecular formula is C21H26N4O3. The third-order valence-electron chi connectivity index (χ3n) is 4.87. The first-order valence-electron chi connectivity index (χ1n) is 9.49. The van der Waals surface area contributed by atoms with Gasteiger partial charge >= 0.3 is 6.09 Å². The van der Waals surface area contributed by atoms with Crippen LogP contribution in [0.4, 0.5) is 16.2 Å². The Bertz CT molecular complexity index is 860. The van der Waals surface area contributed by atoms with Crippen LogP contribution in [0.3, 0.4) is 0 Å². The molecule has 1 N–H and O–H groups in total. The summed E-state index contributed by atoms with van der Waals surface area (Å²) in [6.45, 7) is 8.13. The maximum Gasteiger partial charge on any atom is 0.409 e. The van der Waals surface area contributed by atoms with Crippen LogP contribution in [-0.2, 0) is 4.74 Å². The number of hydrogen-bond acceptors (Lipinski definition) is 5. The Hall–Kier alpha value is -3.09. The van der Waals surface area contributed by atoms with Crippen molar-refractivity contribution in [1.29, 1.82) is 0 Å². The van der Waals surface area contributed by atoms with E-state index in [0.717, 1.165) is 11.4 Å². The second kappa shape index (κ2) is 8.73. The number of aromatic nitrogens is 1. The van der Waals surface area contributed by atoms with Crippen molar-refractivity contribution >= 4 is 23.4 Å². The van der Waals surface area contributed by atoms with Gasteiger partial charge in [0, 0.05) is 43.8 Å². The van der Waals surface area contributed by atoms with E-state index in [1.54, 1.807) is 29.0 Å². The van der Waals surface area contributed by atoms with Gasteiger partial charge in [0.2, 0.25) is 0 Å². The Kier molecular flexibility index (Phi) is 6.13. The molecule has 0 saturated carbocycles. The number of nitrogens with one attached hydrogen (secondary N) is 1. The van der Waals surface area contributed by atoms with E-state index in [-0.39, 0.29) is 12.0 Å². The number of amides is 2. The highest BCUT2D eigenvalue weighted by atomic mass is 16.6. The molecule has 0 spiro atoms. The molecule has 1 aliphatic rings. The molecule has 7 nitrogen and oxygen atoms in total. The van der Waals surface area contributed by atoms with E-state index in [1.807, 2.05) is 12.1 Å². The van der Waals surface area contributed by atoms with E-state index in [4.69, 9.17) is 4.74 Å². The fourth-order valence-corrected chi connectivity index (χ4v) is 3.08. The maximum absolute atomic E-state index is 12.8. The Morgan fingerprint density at radius 1 is 1.00 bits per heavy atom. The molecule has 0 unspecified atom stereocenters. The molecule has 7 heteroatoms. The van der Waals surface area contributed by atoms with E-state index >= 15 is 0 Å². The summed E-state index contributed by atoms with van der Waals surface area (Å²) < 4.78 is 5.01. The van der Waals surface area contributed by atoms with E-state index in [0.29, 0.717) is 38.5 Å². The summed E-state index contributed by atoms with van der Waals surface area (Å²) in [4.78, 5) is 32.2. The molecular weight excluding hydrogens is 356 g/mol. The number of ether oxygens (including phenoxy) is 1. The zero-order valence-electron chi connectivity index (χ0n) is 16.6. The number of pyridine rings is 1. The minimum Gasteiger partial charge on any atom is -0.450 e. The highest BCUT2D eigenvalue weighted by Crippen LogP contribution is 2.20. The van der Waals surface area contributed by atoms with Gasteiger partial charge in [-0.05, 0) is 56.2 Å². The fraction of sp³-hybridized carbons (Fsp3) is 0.381. The van der Waals surface area contributed by atoms with Crippen molar-refractivity contribution in [3.8, 4) is 0 Å². The van der Waals surface area contributed by atoms with Crippen molar-refractivity contribution in [2.24, 2.45) is 0 Å². The van der Waals surface area contributed by atoms with Gasteiger partial charge < -0.3 is 19.9 Å². The molecule has 3 rings (SSSR count). The third-order valence-corrected chi connectivity index (χ3v) is 4.87. The van der Waals surface area contributed by atoms with Crippen molar-refractivity contribution < 1.29 is 14.3 Å². The zero-order valence-corrected chi connectivity index (χ0v) is 16.6. The molecule has 28 heavy (non-hydrogen) atoms. The molecule has 1 aromatic heterocycles. The molecule has 1 fully saturated rings. The van der Waals surface area contributed by atoms with Crippen molar-refractivity contribution in [2.75, 3.05) is 38.1 Å². The van der Waals surface area contributed by atoms with Crippen LogP contribution in [0.2, 0.25) is 0 Å². The van der Waals surface area contributed by atoms with Crippen LogP contribution in [0.25, 0.3) is 0 Å². The van der Waals surface area contributed by atoms with Gasteiger partial charge in [0.25, 0.3) is 5.91 Å². The first-order chi connectivity index (χ1) is 13.5. The maximum atomic E-state index is 12.8. The molecule has 0 atom stereocenters. The Morgan fingerprint density at radius 2 is 1.68 bits per heavy atom. The second-order valence-corrected chi connectivity index (χ2v) is 6.83. The number of carbonyl (C=O) groups excluding carboxylic acids is 2. The van der Waals surface area contributed by atoms with Crippen molar-refractivity contribution in [3.63, 3.8) is 0 Å². The predicted molar refractivity (Wildman–Crippen MR) is 108 cm³/mol. The number of hydrogen-bond donors (Lipinski definition) is 1. The third kappa shape index (κ3) is 4.60. The second-order valence-electron chi connectivity index (χ2n) is 6.83. The van der Waals surface area contributed by atoms with Crippen LogP contribution in [0.15, 0.2) is 36.5 Å².